The first-order chi connectivity index (χ1) is 14.9. The SMILES string of the molecule is C#CCCN(C)C(=O)C(CC(=O)O)NC(=O)OCC1c2ccccc2-c2ccccc21. The van der Waals surface area contributed by atoms with E-state index in [2.05, 4.69) is 11.2 Å². The predicted molar refractivity (Wildman–Crippen MR) is 115 cm³/mol. The van der Waals surface area contributed by atoms with E-state index in [4.69, 9.17) is 16.3 Å². The van der Waals surface area contributed by atoms with Crippen molar-refractivity contribution in [2.24, 2.45) is 0 Å². The molecule has 0 heterocycles. The van der Waals surface area contributed by atoms with E-state index >= 15 is 0 Å². The third-order valence-corrected chi connectivity index (χ3v) is 5.28. The summed E-state index contributed by atoms with van der Waals surface area (Å²) in [7, 11) is 1.51. The zero-order chi connectivity index (χ0) is 22.4. The molecule has 7 nitrogen and oxygen atoms in total. The predicted octanol–water partition coefficient (Wildman–Crippen LogP) is 2.85. The highest BCUT2D eigenvalue weighted by Crippen LogP contribution is 2.44. The highest BCUT2D eigenvalue weighted by atomic mass is 16.5. The van der Waals surface area contributed by atoms with Crippen molar-refractivity contribution in [3.63, 3.8) is 0 Å². The van der Waals surface area contributed by atoms with E-state index < -0.39 is 30.4 Å². The lowest BCUT2D eigenvalue weighted by atomic mass is 9.98. The Labute approximate surface area is 181 Å². The number of rotatable bonds is 8. The van der Waals surface area contributed by atoms with Gasteiger partial charge in [-0.05, 0) is 22.3 Å². The molecule has 3 rings (SSSR count). The number of carbonyl (C=O) groups excluding carboxylic acids is 2. The van der Waals surface area contributed by atoms with Crippen LogP contribution in [0.5, 0.6) is 0 Å². The molecule has 0 fully saturated rings. The number of benzene rings is 2. The summed E-state index contributed by atoms with van der Waals surface area (Å²) in [5.41, 5.74) is 4.31. The van der Waals surface area contributed by atoms with Crippen molar-refractivity contribution in [3.8, 4) is 23.5 Å². The number of ether oxygens (including phenoxy) is 1. The molecule has 0 aliphatic heterocycles. The molecule has 0 spiro atoms. The largest absolute Gasteiger partial charge is 0.481 e. The summed E-state index contributed by atoms with van der Waals surface area (Å²) in [6.45, 7) is 0.332. The number of amides is 2. The molecule has 1 atom stereocenters. The van der Waals surface area contributed by atoms with Crippen molar-refractivity contribution in [3.05, 3.63) is 59.7 Å². The van der Waals surface area contributed by atoms with Crippen LogP contribution in [0.3, 0.4) is 0 Å². The molecule has 160 valence electrons. The average Bonchev–Trinajstić information content (AvgIpc) is 3.08. The molecule has 31 heavy (non-hydrogen) atoms. The van der Waals surface area contributed by atoms with Gasteiger partial charge in [-0.25, -0.2) is 4.79 Å². The number of carboxylic acids is 1. The highest BCUT2D eigenvalue weighted by Gasteiger charge is 2.30. The lowest BCUT2D eigenvalue weighted by molar-refractivity contribution is -0.142. The summed E-state index contributed by atoms with van der Waals surface area (Å²) >= 11 is 0. The molecular formula is C24H24N2O5. The number of carbonyl (C=O) groups is 3. The first-order valence-electron chi connectivity index (χ1n) is 9.94. The summed E-state index contributed by atoms with van der Waals surface area (Å²) in [5.74, 6) is 0.543. The topological polar surface area (TPSA) is 95.9 Å². The molecule has 2 aromatic rings. The second-order valence-electron chi connectivity index (χ2n) is 7.33. The molecule has 2 N–H and O–H groups in total. The maximum absolute atomic E-state index is 12.5. The van der Waals surface area contributed by atoms with E-state index in [1.165, 1.54) is 11.9 Å². The first kappa shape index (κ1) is 21.9. The van der Waals surface area contributed by atoms with Crippen LogP contribution < -0.4 is 5.32 Å². The summed E-state index contributed by atoms with van der Waals surface area (Å²) in [5, 5.41) is 11.5. The second kappa shape index (κ2) is 9.81. The van der Waals surface area contributed by atoms with Crippen LogP contribution in [-0.4, -0.2) is 54.2 Å². The summed E-state index contributed by atoms with van der Waals surface area (Å²) in [6, 6.07) is 14.6. The van der Waals surface area contributed by atoms with Gasteiger partial charge in [0.2, 0.25) is 5.91 Å². The van der Waals surface area contributed by atoms with E-state index in [-0.39, 0.29) is 19.1 Å². The number of terminal acetylenes is 1. The molecule has 0 saturated heterocycles. The standard InChI is InChI=1S/C24H24N2O5/c1-3-4-13-26(2)23(29)21(14-22(27)28)25-24(30)31-15-20-18-11-7-5-9-16(18)17-10-6-8-12-19(17)20/h1,5-12,20-21H,4,13-15H2,2H3,(H,25,30)(H,27,28). The van der Waals surface area contributed by atoms with E-state index in [0.717, 1.165) is 22.3 Å². The normalized spacial score (nSPS) is 12.8. The van der Waals surface area contributed by atoms with Gasteiger partial charge in [0.05, 0.1) is 6.42 Å². The molecule has 1 aliphatic rings. The van der Waals surface area contributed by atoms with Gasteiger partial charge in [0, 0.05) is 25.9 Å². The van der Waals surface area contributed by atoms with Crippen LogP contribution in [0.2, 0.25) is 0 Å². The van der Waals surface area contributed by atoms with Gasteiger partial charge in [-0.15, -0.1) is 12.3 Å². The minimum absolute atomic E-state index is 0.0702. The number of nitrogens with zero attached hydrogens (tertiary/aromatic N) is 1. The number of carboxylic acid groups (broad SMARTS) is 1. The Morgan fingerprint density at radius 1 is 1.13 bits per heavy atom. The number of fused-ring (bicyclic) bond motifs is 3. The van der Waals surface area contributed by atoms with Gasteiger partial charge < -0.3 is 20.1 Å². The van der Waals surface area contributed by atoms with Gasteiger partial charge in [0.25, 0.3) is 0 Å². The fourth-order valence-corrected chi connectivity index (χ4v) is 3.77. The van der Waals surface area contributed by atoms with Crippen molar-refractivity contribution < 1.29 is 24.2 Å². The van der Waals surface area contributed by atoms with Gasteiger partial charge in [0.15, 0.2) is 0 Å². The third kappa shape index (κ3) is 5.04. The minimum Gasteiger partial charge on any atom is -0.481 e. The Kier molecular flexibility index (Phi) is 6.93. The first-order valence-corrected chi connectivity index (χ1v) is 9.94. The van der Waals surface area contributed by atoms with Crippen LogP contribution in [0.15, 0.2) is 48.5 Å². The Balaban J connectivity index is 1.67. The number of hydrogen-bond acceptors (Lipinski definition) is 4. The van der Waals surface area contributed by atoms with Crippen LogP contribution >= 0.6 is 0 Å². The number of likely N-dealkylation sites (N-methyl/N-ethyl adjacent to an activating group) is 1. The lowest BCUT2D eigenvalue weighted by Gasteiger charge is -2.23. The van der Waals surface area contributed by atoms with Crippen molar-refractivity contribution >= 4 is 18.0 Å². The molecule has 0 saturated carbocycles. The van der Waals surface area contributed by atoms with Gasteiger partial charge in [-0.1, -0.05) is 48.5 Å². The van der Waals surface area contributed by atoms with Crippen LogP contribution in [0.25, 0.3) is 11.1 Å². The maximum Gasteiger partial charge on any atom is 0.407 e. The molecule has 2 aromatic carbocycles. The van der Waals surface area contributed by atoms with Gasteiger partial charge >= 0.3 is 12.1 Å². The maximum atomic E-state index is 12.5. The average molecular weight is 420 g/mol. The second-order valence-corrected chi connectivity index (χ2v) is 7.33. The molecule has 0 bridgehead atoms. The number of aliphatic carboxylic acids is 1. The Morgan fingerprint density at radius 2 is 1.71 bits per heavy atom. The molecule has 1 unspecified atom stereocenters. The van der Waals surface area contributed by atoms with Crippen molar-refractivity contribution in [1.29, 1.82) is 0 Å². The van der Waals surface area contributed by atoms with Gasteiger partial charge in [0.1, 0.15) is 12.6 Å². The molecule has 2 amide bonds. The Morgan fingerprint density at radius 3 is 2.26 bits per heavy atom. The zero-order valence-corrected chi connectivity index (χ0v) is 17.2. The zero-order valence-electron chi connectivity index (χ0n) is 17.2. The molecule has 0 aromatic heterocycles. The summed E-state index contributed by atoms with van der Waals surface area (Å²) < 4.78 is 5.42. The Hall–Kier alpha value is -3.79. The minimum atomic E-state index is -1.24. The van der Waals surface area contributed by atoms with E-state index in [1.807, 2.05) is 48.5 Å². The van der Waals surface area contributed by atoms with E-state index in [0.29, 0.717) is 6.42 Å². The monoisotopic (exact) mass is 420 g/mol. The third-order valence-electron chi connectivity index (χ3n) is 5.28. The summed E-state index contributed by atoms with van der Waals surface area (Å²) in [6.07, 6.45) is 4.14. The molecule has 1 aliphatic carbocycles. The number of alkyl carbamates (subject to hydrolysis) is 1. The molecular weight excluding hydrogens is 396 g/mol. The van der Waals surface area contributed by atoms with Crippen LogP contribution in [0.1, 0.15) is 29.9 Å². The van der Waals surface area contributed by atoms with E-state index in [1.54, 1.807) is 0 Å². The van der Waals surface area contributed by atoms with Crippen LogP contribution in [0.4, 0.5) is 4.79 Å². The van der Waals surface area contributed by atoms with E-state index in [9.17, 15) is 14.4 Å². The van der Waals surface area contributed by atoms with Crippen LogP contribution in [0, 0.1) is 12.3 Å². The number of nitrogens with one attached hydrogen (secondary N) is 1. The van der Waals surface area contributed by atoms with Crippen molar-refractivity contribution in [2.45, 2.75) is 24.8 Å². The fourth-order valence-electron chi connectivity index (χ4n) is 3.77. The quantitative estimate of drug-likeness (QED) is 0.641. The lowest BCUT2D eigenvalue weighted by Crippen LogP contribution is -2.48. The van der Waals surface area contributed by atoms with Crippen molar-refractivity contribution in [2.75, 3.05) is 20.2 Å². The smallest absolute Gasteiger partial charge is 0.407 e. The molecule has 0 radical (unpaired) electrons. The summed E-state index contributed by atoms with van der Waals surface area (Å²) in [4.78, 5) is 37.4. The Bertz CT molecular complexity index is 981. The fraction of sp³-hybridized carbons (Fsp3) is 0.292. The van der Waals surface area contributed by atoms with Gasteiger partial charge in [-0.3, -0.25) is 9.59 Å². The van der Waals surface area contributed by atoms with Crippen LogP contribution in [-0.2, 0) is 14.3 Å². The van der Waals surface area contributed by atoms with Gasteiger partial charge in [-0.2, -0.15) is 0 Å². The highest BCUT2D eigenvalue weighted by molar-refractivity contribution is 5.89. The number of hydrogen-bond donors (Lipinski definition) is 2. The van der Waals surface area contributed by atoms with Crippen molar-refractivity contribution in [1.82, 2.24) is 10.2 Å². The molecule has 7 heteroatoms.